The molecule has 1 aliphatic rings. The molecule has 8 nitrogen and oxygen atoms in total. The van der Waals surface area contributed by atoms with Crippen LogP contribution in [-0.2, 0) is 9.53 Å². The maximum atomic E-state index is 13.0. The number of halogens is 4. The van der Waals surface area contributed by atoms with Crippen molar-refractivity contribution in [1.29, 1.82) is 0 Å². The minimum absolute atomic E-state index is 0.00621. The molecular formula is C20H19ClF3N5O3. The van der Waals surface area contributed by atoms with E-state index in [-0.39, 0.29) is 35.3 Å². The minimum atomic E-state index is -4.46. The number of morpholine rings is 1. The number of ether oxygens (including phenoxy) is 1. The second-order valence-electron chi connectivity index (χ2n) is 6.99. The molecule has 0 spiro atoms. The maximum Gasteiger partial charge on any atom is 0.391 e. The van der Waals surface area contributed by atoms with Gasteiger partial charge in [0.25, 0.3) is 5.91 Å². The predicted molar refractivity (Wildman–Crippen MR) is 109 cm³/mol. The molecule has 12 heteroatoms. The third-order valence-corrected chi connectivity index (χ3v) is 4.88. The zero-order valence-corrected chi connectivity index (χ0v) is 17.7. The van der Waals surface area contributed by atoms with Crippen LogP contribution in [-0.4, -0.2) is 64.1 Å². The fourth-order valence-electron chi connectivity index (χ4n) is 3.29. The lowest BCUT2D eigenvalue weighted by Gasteiger charge is -2.38. The average Bonchev–Trinajstić information content (AvgIpc) is 2.76. The highest BCUT2D eigenvalue weighted by Crippen LogP contribution is 2.33. The molecule has 0 aliphatic carbocycles. The first-order valence-corrected chi connectivity index (χ1v) is 9.83. The first-order chi connectivity index (χ1) is 15.1. The predicted octanol–water partition coefficient (Wildman–Crippen LogP) is 2.96. The molecule has 3 heterocycles. The summed E-state index contributed by atoms with van der Waals surface area (Å²) in [6.07, 6.45) is -5.60. The fourth-order valence-corrected chi connectivity index (χ4v) is 3.50. The summed E-state index contributed by atoms with van der Waals surface area (Å²) < 4.78 is 44.6. The Morgan fingerprint density at radius 3 is 2.69 bits per heavy atom. The van der Waals surface area contributed by atoms with E-state index < -0.39 is 36.6 Å². The van der Waals surface area contributed by atoms with Crippen molar-refractivity contribution < 1.29 is 27.5 Å². The van der Waals surface area contributed by atoms with E-state index in [1.165, 1.54) is 30.4 Å². The standard InChI is InChI=1S/C20H19ClF3N5O3/c1-3-18(30)29-8-12(7-20(22,23)24)32-16(9-29)11-4-14(28-17(21)5-11)13-6-15(19(31)25-2)27-10-26-13/h3-6,10,12,16H,1,7-9H2,2H3,(H,25,31)/t12-,16+/m1/s1. The van der Waals surface area contributed by atoms with Gasteiger partial charge in [-0.15, -0.1) is 0 Å². The molecule has 0 aromatic carbocycles. The van der Waals surface area contributed by atoms with E-state index in [4.69, 9.17) is 16.3 Å². The third-order valence-electron chi connectivity index (χ3n) is 4.69. The molecule has 2 amide bonds. The van der Waals surface area contributed by atoms with Gasteiger partial charge in [0.05, 0.1) is 30.5 Å². The van der Waals surface area contributed by atoms with Gasteiger partial charge in [-0.3, -0.25) is 9.59 Å². The lowest BCUT2D eigenvalue weighted by Crippen LogP contribution is -2.47. The van der Waals surface area contributed by atoms with Crippen molar-refractivity contribution in [2.75, 3.05) is 20.1 Å². The van der Waals surface area contributed by atoms with E-state index in [1.807, 2.05) is 0 Å². The minimum Gasteiger partial charge on any atom is -0.366 e. The Morgan fingerprint density at radius 2 is 2.03 bits per heavy atom. The molecule has 2 aromatic heterocycles. The summed E-state index contributed by atoms with van der Waals surface area (Å²) in [5.41, 5.74) is 1.06. The summed E-state index contributed by atoms with van der Waals surface area (Å²) in [4.78, 5) is 37.4. The van der Waals surface area contributed by atoms with Gasteiger partial charge < -0.3 is 15.0 Å². The van der Waals surface area contributed by atoms with Crippen LogP contribution in [0.4, 0.5) is 13.2 Å². The van der Waals surface area contributed by atoms with Gasteiger partial charge in [0, 0.05) is 13.6 Å². The van der Waals surface area contributed by atoms with Gasteiger partial charge in [-0.2, -0.15) is 13.2 Å². The van der Waals surface area contributed by atoms with Gasteiger partial charge in [-0.25, -0.2) is 15.0 Å². The smallest absolute Gasteiger partial charge is 0.366 e. The third kappa shape index (κ3) is 5.80. The number of rotatable bonds is 5. The Balaban J connectivity index is 1.95. The highest BCUT2D eigenvalue weighted by Gasteiger charge is 2.38. The monoisotopic (exact) mass is 469 g/mol. The number of alkyl halides is 3. The largest absolute Gasteiger partial charge is 0.391 e. The Hall–Kier alpha value is -3.05. The van der Waals surface area contributed by atoms with E-state index in [9.17, 15) is 22.8 Å². The molecule has 0 unspecified atom stereocenters. The van der Waals surface area contributed by atoms with Crippen LogP contribution in [0.1, 0.15) is 28.6 Å². The van der Waals surface area contributed by atoms with Crippen LogP contribution in [0.3, 0.4) is 0 Å². The van der Waals surface area contributed by atoms with Crippen LogP contribution >= 0.6 is 11.6 Å². The summed E-state index contributed by atoms with van der Waals surface area (Å²) >= 11 is 6.15. The number of carbonyl (C=O) groups excluding carboxylic acids is 2. The number of amides is 2. The summed E-state index contributed by atoms with van der Waals surface area (Å²) in [5, 5.41) is 2.49. The molecular weight excluding hydrogens is 451 g/mol. The molecule has 1 fully saturated rings. The summed E-state index contributed by atoms with van der Waals surface area (Å²) in [6, 6.07) is 4.39. The van der Waals surface area contributed by atoms with Gasteiger partial charge >= 0.3 is 6.18 Å². The number of hydrogen-bond donors (Lipinski definition) is 1. The van der Waals surface area contributed by atoms with Gasteiger partial charge in [0.2, 0.25) is 5.91 Å². The van der Waals surface area contributed by atoms with Crippen molar-refractivity contribution in [1.82, 2.24) is 25.2 Å². The van der Waals surface area contributed by atoms with Crippen molar-refractivity contribution in [3.8, 4) is 11.4 Å². The second-order valence-corrected chi connectivity index (χ2v) is 7.38. The van der Waals surface area contributed by atoms with Gasteiger partial charge in [-0.1, -0.05) is 18.2 Å². The van der Waals surface area contributed by atoms with Gasteiger partial charge in [0.15, 0.2) is 0 Å². The second kappa shape index (κ2) is 9.61. The van der Waals surface area contributed by atoms with Crippen molar-refractivity contribution in [3.63, 3.8) is 0 Å². The molecule has 1 saturated heterocycles. The lowest BCUT2D eigenvalue weighted by molar-refractivity contribution is -0.186. The first-order valence-electron chi connectivity index (χ1n) is 9.45. The normalized spacial score (nSPS) is 18.8. The van der Waals surface area contributed by atoms with Crippen LogP contribution in [0.25, 0.3) is 11.4 Å². The Morgan fingerprint density at radius 1 is 1.28 bits per heavy atom. The zero-order chi connectivity index (χ0) is 23.5. The Bertz CT molecular complexity index is 1030. The summed E-state index contributed by atoms with van der Waals surface area (Å²) in [5.74, 6) is -0.933. The lowest BCUT2D eigenvalue weighted by atomic mass is 10.0. The number of pyridine rings is 1. The van der Waals surface area contributed by atoms with Crippen LogP contribution in [0, 0.1) is 0 Å². The van der Waals surface area contributed by atoms with Crippen LogP contribution in [0.5, 0.6) is 0 Å². The molecule has 2 atom stereocenters. The Kier molecular flexibility index (Phi) is 7.09. The molecule has 170 valence electrons. The van der Waals surface area contributed by atoms with E-state index in [0.29, 0.717) is 5.56 Å². The van der Waals surface area contributed by atoms with Crippen LogP contribution in [0.15, 0.2) is 37.2 Å². The van der Waals surface area contributed by atoms with Crippen LogP contribution in [0.2, 0.25) is 5.15 Å². The summed E-state index contributed by atoms with van der Waals surface area (Å²) in [7, 11) is 1.45. The van der Waals surface area contributed by atoms with Crippen molar-refractivity contribution >= 4 is 23.4 Å². The van der Waals surface area contributed by atoms with E-state index in [0.717, 1.165) is 6.08 Å². The zero-order valence-electron chi connectivity index (χ0n) is 16.9. The first kappa shape index (κ1) is 23.6. The van der Waals surface area contributed by atoms with E-state index in [2.05, 4.69) is 26.8 Å². The van der Waals surface area contributed by atoms with Gasteiger partial charge in [0.1, 0.15) is 23.3 Å². The Labute approximate surface area is 186 Å². The average molecular weight is 470 g/mol. The van der Waals surface area contributed by atoms with Gasteiger partial charge in [-0.05, 0) is 29.8 Å². The van der Waals surface area contributed by atoms with Crippen molar-refractivity contribution in [2.45, 2.75) is 24.8 Å². The number of nitrogens with one attached hydrogen (secondary N) is 1. The molecule has 0 radical (unpaired) electrons. The van der Waals surface area contributed by atoms with E-state index >= 15 is 0 Å². The maximum absolute atomic E-state index is 13.0. The van der Waals surface area contributed by atoms with Crippen LogP contribution < -0.4 is 5.32 Å². The number of hydrogen-bond acceptors (Lipinski definition) is 6. The van der Waals surface area contributed by atoms with E-state index in [1.54, 1.807) is 6.07 Å². The molecule has 2 aromatic rings. The molecule has 1 aliphatic heterocycles. The number of aromatic nitrogens is 3. The molecule has 3 rings (SSSR count). The molecule has 32 heavy (non-hydrogen) atoms. The highest BCUT2D eigenvalue weighted by molar-refractivity contribution is 6.29. The topological polar surface area (TPSA) is 97.3 Å². The molecule has 1 N–H and O–H groups in total. The number of carbonyl (C=O) groups is 2. The summed E-state index contributed by atoms with van der Waals surface area (Å²) in [6.45, 7) is 3.19. The van der Waals surface area contributed by atoms with Crippen molar-refractivity contribution in [3.05, 3.63) is 53.6 Å². The van der Waals surface area contributed by atoms with Crippen molar-refractivity contribution in [2.24, 2.45) is 0 Å². The highest BCUT2D eigenvalue weighted by atomic mass is 35.5. The fraction of sp³-hybridized carbons (Fsp3) is 0.350. The quantitative estimate of drug-likeness (QED) is 0.534. The molecule has 0 bridgehead atoms. The SMILES string of the molecule is C=CC(=O)N1C[C@@H](CC(F)(F)F)O[C@H](c2cc(Cl)nc(-c3cc(C(=O)NC)ncn3)c2)C1. The number of nitrogens with zero attached hydrogens (tertiary/aromatic N) is 4. The molecule has 0 saturated carbocycles.